The maximum Gasteiger partial charge on any atom is 0.245 e. The first-order valence-corrected chi connectivity index (χ1v) is 15.6. The van der Waals surface area contributed by atoms with E-state index in [0.29, 0.717) is 26.0 Å². The summed E-state index contributed by atoms with van der Waals surface area (Å²) in [4.78, 5) is 61.9. The lowest BCUT2D eigenvalue weighted by atomic mass is 9.97. The van der Waals surface area contributed by atoms with Crippen molar-refractivity contribution in [2.24, 2.45) is 5.92 Å². The third-order valence-corrected chi connectivity index (χ3v) is 8.36. The largest absolute Gasteiger partial charge is 0.388 e. The number of amides is 4. The number of likely N-dealkylation sites (N-methyl/N-ethyl adjacent to an activating group) is 1. The van der Waals surface area contributed by atoms with Gasteiger partial charge >= 0.3 is 0 Å². The van der Waals surface area contributed by atoms with Crippen LogP contribution in [0.5, 0.6) is 0 Å². The summed E-state index contributed by atoms with van der Waals surface area (Å²) in [5.41, 5.74) is 1.57. The fourth-order valence-electron chi connectivity index (χ4n) is 5.74. The van der Waals surface area contributed by atoms with Crippen molar-refractivity contribution in [3.8, 4) is 0 Å². The Hall–Kier alpha value is -3.87. The van der Waals surface area contributed by atoms with E-state index in [1.807, 2.05) is 61.2 Å². The second kappa shape index (κ2) is 15.9. The fraction of sp³-hybridized carbons (Fsp3) is 0.545. The van der Waals surface area contributed by atoms with Crippen LogP contribution in [-0.4, -0.2) is 107 Å². The quantitative estimate of drug-likeness (QED) is 0.366. The molecule has 6 atom stereocenters. The molecule has 1 aromatic heterocycles. The van der Waals surface area contributed by atoms with Crippen molar-refractivity contribution >= 4 is 23.6 Å². The van der Waals surface area contributed by atoms with Gasteiger partial charge in [-0.3, -0.25) is 29.1 Å². The zero-order valence-electron chi connectivity index (χ0n) is 26.5. The molecule has 0 radical (unpaired) electrons. The number of nitrogens with one attached hydrogen (secondary N) is 3. The number of rotatable bonds is 6. The molecule has 45 heavy (non-hydrogen) atoms. The molecule has 12 nitrogen and oxygen atoms in total. The highest BCUT2D eigenvalue weighted by molar-refractivity contribution is 5.94. The minimum Gasteiger partial charge on any atom is -0.388 e. The molecule has 2 fully saturated rings. The average molecular weight is 623 g/mol. The Labute approximate surface area is 264 Å². The van der Waals surface area contributed by atoms with Crippen LogP contribution >= 0.6 is 0 Å². The van der Waals surface area contributed by atoms with Crippen molar-refractivity contribution in [1.82, 2.24) is 30.7 Å². The number of benzene rings is 1. The molecule has 2 aliphatic rings. The monoisotopic (exact) mass is 622 g/mol. The average Bonchev–Trinajstić information content (AvgIpc) is 3.01. The number of aromatic nitrogens is 1. The van der Waals surface area contributed by atoms with Crippen LogP contribution in [-0.2, 0) is 36.9 Å². The minimum absolute atomic E-state index is 0.0807. The topological polar surface area (TPSA) is 153 Å². The minimum atomic E-state index is -1.07. The molecule has 2 saturated heterocycles. The van der Waals surface area contributed by atoms with Gasteiger partial charge in [0.05, 0.1) is 24.4 Å². The number of hydrogen-bond donors (Lipinski definition) is 4. The first-order valence-electron chi connectivity index (χ1n) is 15.6. The zero-order chi connectivity index (χ0) is 32.5. The number of carbonyl (C=O) groups is 4. The molecule has 0 saturated carbocycles. The lowest BCUT2D eigenvalue weighted by Crippen LogP contribution is -2.60. The van der Waals surface area contributed by atoms with E-state index in [4.69, 9.17) is 4.74 Å². The second-order valence-electron chi connectivity index (χ2n) is 12.4. The lowest BCUT2D eigenvalue weighted by Gasteiger charge is -2.38. The first kappa shape index (κ1) is 34.0. The summed E-state index contributed by atoms with van der Waals surface area (Å²) in [5.74, 6) is -1.65. The van der Waals surface area contributed by atoms with Crippen LogP contribution in [0.1, 0.15) is 44.9 Å². The number of ether oxygens (including phenoxy) is 1. The smallest absolute Gasteiger partial charge is 0.245 e. The van der Waals surface area contributed by atoms with E-state index in [1.54, 1.807) is 19.2 Å². The van der Waals surface area contributed by atoms with E-state index in [-0.39, 0.29) is 31.3 Å². The third-order valence-electron chi connectivity index (χ3n) is 8.36. The number of pyridine rings is 1. The van der Waals surface area contributed by atoms with E-state index < -0.39 is 54.1 Å². The number of fused-ring (bicyclic) bond motifs is 2. The molecule has 12 heteroatoms. The summed E-state index contributed by atoms with van der Waals surface area (Å²) in [5, 5.41) is 20.0. The zero-order valence-corrected chi connectivity index (χ0v) is 26.5. The van der Waals surface area contributed by atoms with E-state index in [9.17, 15) is 24.3 Å². The molecule has 4 amide bonds. The molecule has 0 unspecified atom stereocenters. The Bertz CT molecular complexity index is 1300. The Morgan fingerprint density at radius 1 is 0.978 bits per heavy atom. The van der Waals surface area contributed by atoms with Crippen LogP contribution in [0.2, 0.25) is 0 Å². The van der Waals surface area contributed by atoms with Gasteiger partial charge in [-0.05, 0) is 43.4 Å². The Kier molecular flexibility index (Phi) is 12.0. The summed E-state index contributed by atoms with van der Waals surface area (Å²) in [6, 6.07) is 11.4. The van der Waals surface area contributed by atoms with Crippen LogP contribution in [0.15, 0.2) is 54.7 Å². The van der Waals surface area contributed by atoms with Crippen molar-refractivity contribution in [2.45, 2.75) is 83.0 Å². The van der Waals surface area contributed by atoms with Crippen LogP contribution in [0, 0.1) is 5.92 Å². The molecular formula is C33H46N6O6. The van der Waals surface area contributed by atoms with Crippen molar-refractivity contribution in [3.63, 3.8) is 0 Å². The van der Waals surface area contributed by atoms with Gasteiger partial charge in [-0.25, -0.2) is 0 Å². The van der Waals surface area contributed by atoms with E-state index >= 15 is 0 Å². The van der Waals surface area contributed by atoms with Crippen LogP contribution in [0.4, 0.5) is 0 Å². The Balaban J connectivity index is 1.67. The Morgan fingerprint density at radius 2 is 1.71 bits per heavy atom. The predicted molar refractivity (Wildman–Crippen MR) is 168 cm³/mol. The summed E-state index contributed by atoms with van der Waals surface area (Å²) in [6.07, 6.45) is 0.853. The van der Waals surface area contributed by atoms with Crippen molar-refractivity contribution in [1.29, 1.82) is 0 Å². The highest BCUT2D eigenvalue weighted by Crippen LogP contribution is 2.19. The predicted octanol–water partition coefficient (Wildman–Crippen LogP) is 0.637. The summed E-state index contributed by atoms with van der Waals surface area (Å²) < 4.78 is 5.96. The SMILES string of the molecule is CC(C)C[C@H]1NC(=O)CN(Cc2ccccn2)C[C@H]2OCC[C@H](NC(=O)[C@H](Cc3ccccc3)NC(=O)[C@H](C)N(C)C1=O)[C@@H]2O. The van der Waals surface area contributed by atoms with E-state index in [0.717, 1.165) is 11.3 Å². The molecule has 0 aliphatic carbocycles. The number of aliphatic hydroxyl groups is 1. The molecule has 0 spiro atoms. The van der Waals surface area contributed by atoms with Crippen LogP contribution in [0.25, 0.3) is 0 Å². The molecule has 2 bridgehead atoms. The van der Waals surface area contributed by atoms with Gasteiger partial charge in [0.25, 0.3) is 0 Å². The van der Waals surface area contributed by atoms with Gasteiger partial charge in [0.15, 0.2) is 0 Å². The van der Waals surface area contributed by atoms with Gasteiger partial charge in [-0.1, -0.05) is 50.2 Å². The van der Waals surface area contributed by atoms with Gasteiger partial charge in [0.1, 0.15) is 24.2 Å². The van der Waals surface area contributed by atoms with Crippen LogP contribution in [0.3, 0.4) is 0 Å². The van der Waals surface area contributed by atoms with Crippen molar-refractivity contribution in [2.75, 3.05) is 26.7 Å². The van der Waals surface area contributed by atoms with Crippen LogP contribution < -0.4 is 16.0 Å². The van der Waals surface area contributed by atoms with Crippen molar-refractivity contribution in [3.05, 3.63) is 66.0 Å². The highest BCUT2D eigenvalue weighted by atomic mass is 16.5. The van der Waals surface area contributed by atoms with E-state index in [1.165, 1.54) is 11.9 Å². The fourth-order valence-corrected chi connectivity index (χ4v) is 5.74. The third kappa shape index (κ3) is 9.56. The molecule has 4 N–H and O–H groups in total. The first-order chi connectivity index (χ1) is 21.5. The summed E-state index contributed by atoms with van der Waals surface area (Å²) in [7, 11) is 1.52. The second-order valence-corrected chi connectivity index (χ2v) is 12.4. The summed E-state index contributed by atoms with van der Waals surface area (Å²) >= 11 is 0. The molecule has 1 aromatic carbocycles. The molecule has 2 aliphatic heterocycles. The lowest BCUT2D eigenvalue weighted by molar-refractivity contribution is -0.142. The van der Waals surface area contributed by atoms with E-state index in [2.05, 4.69) is 20.9 Å². The standard InChI is InChI=1S/C33H46N6O6/c1-21(2)16-27-33(44)38(4)22(3)31(42)37-26(17-23-10-6-5-7-11-23)32(43)36-25-13-15-45-28(30(25)41)19-39(20-29(40)35-27)18-24-12-8-9-14-34-24/h5-12,14,21-22,25-28,30,41H,13,15-20H2,1-4H3,(H,35,40)(H,36,43)(H,37,42)/t22-,25-,26-,27+,28+,30-/m0/s1. The molecule has 4 rings (SSSR count). The maximum atomic E-state index is 13.7. The van der Waals surface area contributed by atoms with Crippen molar-refractivity contribution < 1.29 is 29.0 Å². The van der Waals surface area contributed by atoms with Gasteiger partial charge in [0, 0.05) is 39.4 Å². The molecule has 244 valence electrons. The Morgan fingerprint density at radius 3 is 2.40 bits per heavy atom. The molecule has 3 heterocycles. The highest BCUT2D eigenvalue weighted by Gasteiger charge is 2.38. The number of hydrogen-bond acceptors (Lipinski definition) is 8. The number of carbonyl (C=O) groups excluding carboxylic acids is 4. The number of aliphatic hydroxyl groups excluding tert-OH is 1. The number of nitrogens with zero attached hydrogens (tertiary/aromatic N) is 3. The van der Waals surface area contributed by atoms with Gasteiger partial charge < -0.3 is 30.7 Å². The molecule has 2 aromatic rings. The maximum absolute atomic E-state index is 13.7. The summed E-state index contributed by atoms with van der Waals surface area (Å²) in [6.45, 7) is 6.19. The normalized spacial score (nSPS) is 27.8. The van der Waals surface area contributed by atoms with Gasteiger partial charge in [0.2, 0.25) is 23.6 Å². The van der Waals surface area contributed by atoms with Gasteiger partial charge in [-0.15, -0.1) is 0 Å². The molecular weight excluding hydrogens is 576 g/mol. The van der Waals surface area contributed by atoms with Gasteiger partial charge in [-0.2, -0.15) is 0 Å².